The van der Waals surface area contributed by atoms with Crippen molar-refractivity contribution in [1.29, 1.82) is 0 Å². The zero-order valence-corrected chi connectivity index (χ0v) is 21.9. The monoisotopic (exact) mass is 510 g/mol. The van der Waals surface area contributed by atoms with E-state index in [0.29, 0.717) is 28.6 Å². The third-order valence-corrected chi connectivity index (χ3v) is 6.84. The highest BCUT2D eigenvalue weighted by Crippen LogP contribution is 2.26. The van der Waals surface area contributed by atoms with Crippen LogP contribution < -0.4 is 5.32 Å². The van der Waals surface area contributed by atoms with Gasteiger partial charge in [0.05, 0.1) is 6.42 Å². The number of amides is 2. The fraction of sp³-hybridized carbons (Fsp3) is 0.310. The molecule has 0 fully saturated rings. The maximum atomic E-state index is 13.8. The summed E-state index contributed by atoms with van der Waals surface area (Å²) in [7, 11) is 0. The summed E-state index contributed by atoms with van der Waals surface area (Å²) in [5.74, 6) is -0.380. The molecule has 0 spiro atoms. The van der Waals surface area contributed by atoms with Crippen LogP contribution in [0.15, 0.2) is 72.8 Å². The largest absolute Gasteiger partial charge is 0.352 e. The zero-order valence-electron chi connectivity index (χ0n) is 20.4. The molecular formula is C29H32Cl2N2O2. The molecule has 0 saturated carbocycles. The van der Waals surface area contributed by atoms with Crippen LogP contribution in [0.1, 0.15) is 42.5 Å². The average molecular weight is 511 g/mol. The quantitative estimate of drug-likeness (QED) is 0.343. The normalized spacial score (nSPS) is 12.6. The molecule has 0 bridgehead atoms. The first-order valence-corrected chi connectivity index (χ1v) is 12.7. The summed E-state index contributed by atoms with van der Waals surface area (Å²) in [5.41, 5.74) is 3.62. The smallest absolute Gasteiger partial charge is 0.243 e. The SMILES string of the molecule is CC[C@H](C)NC(=O)[C@@H](Cc1ccccc1)N(Cc1ccc(C)cc1)C(=O)Cc1c(Cl)cccc1Cl. The van der Waals surface area contributed by atoms with Gasteiger partial charge in [0.15, 0.2) is 0 Å². The predicted octanol–water partition coefficient (Wildman–Crippen LogP) is 6.40. The van der Waals surface area contributed by atoms with Gasteiger partial charge < -0.3 is 10.2 Å². The minimum atomic E-state index is -0.693. The summed E-state index contributed by atoms with van der Waals surface area (Å²) in [6.07, 6.45) is 1.20. The third-order valence-electron chi connectivity index (χ3n) is 6.14. The Morgan fingerprint density at radius 2 is 1.51 bits per heavy atom. The van der Waals surface area contributed by atoms with E-state index < -0.39 is 6.04 Å². The molecule has 0 aliphatic rings. The lowest BCUT2D eigenvalue weighted by molar-refractivity contribution is -0.141. The topological polar surface area (TPSA) is 49.4 Å². The lowest BCUT2D eigenvalue weighted by atomic mass is 10.0. The standard InChI is InChI=1S/C29H32Cl2N2O2/c1-4-21(3)32-29(35)27(17-22-9-6-5-7-10-22)33(19-23-15-13-20(2)14-16-23)28(34)18-24-25(30)11-8-12-26(24)31/h5-16,21,27H,4,17-19H2,1-3H3,(H,32,35)/t21-,27+/m0/s1. The number of halogens is 2. The van der Waals surface area contributed by atoms with E-state index in [4.69, 9.17) is 23.2 Å². The van der Waals surface area contributed by atoms with Gasteiger partial charge in [0.2, 0.25) is 11.8 Å². The minimum Gasteiger partial charge on any atom is -0.352 e. The van der Waals surface area contributed by atoms with Crippen LogP contribution >= 0.6 is 23.2 Å². The van der Waals surface area contributed by atoms with Crippen LogP contribution in [0.4, 0.5) is 0 Å². The molecule has 35 heavy (non-hydrogen) atoms. The first-order chi connectivity index (χ1) is 16.8. The number of nitrogens with one attached hydrogen (secondary N) is 1. The molecule has 0 heterocycles. The molecule has 6 heteroatoms. The molecule has 3 aromatic rings. The van der Waals surface area contributed by atoms with Crippen LogP contribution in [0.25, 0.3) is 0 Å². The van der Waals surface area contributed by atoms with E-state index in [0.717, 1.165) is 23.1 Å². The number of nitrogens with zero attached hydrogens (tertiary/aromatic N) is 1. The van der Waals surface area contributed by atoms with E-state index in [1.807, 2.05) is 75.4 Å². The summed E-state index contributed by atoms with van der Waals surface area (Å²) in [6.45, 7) is 6.30. The molecule has 2 amide bonds. The first kappa shape index (κ1) is 26.8. The van der Waals surface area contributed by atoms with Crippen LogP contribution in [0.2, 0.25) is 10.0 Å². The average Bonchev–Trinajstić information content (AvgIpc) is 2.85. The molecule has 2 atom stereocenters. The minimum absolute atomic E-state index is 0.00453. The van der Waals surface area contributed by atoms with Gasteiger partial charge in [-0.1, -0.05) is 96.4 Å². The van der Waals surface area contributed by atoms with Crippen molar-refractivity contribution in [3.8, 4) is 0 Å². The number of rotatable bonds is 10. The van der Waals surface area contributed by atoms with Gasteiger partial charge in [-0.15, -0.1) is 0 Å². The molecular weight excluding hydrogens is 479 g/mol. The number of hydrogen-bond acceptors (Lipinski definition) is 2. The Balaban J connectivity index is 2.00. The van der Waals surface area contributed by atoms with Gasteiger partial charge in [-0.25, -0.2) is 0 Å². The highest BCUT2D eigenvalue weighted by Gasteiger charge is 2.31. The Kier molecular flexibility index (Phi) is 9.76. The molecule has 4 nitrogen and oxygen atoms in total. The number of carbonyl (C=O) groups is 2. The van der Waals surface area contributed by atoms with Crippen molar-refractivity contribution in [2.45, 2.75) is 58.7 Å². The highest BCUT2D eigenvalue weighted by atomic mass is 35.5. The van der Waals surface area contributed by atoms with Crippen molar-refractivity contribution in [3.63, 3.8) is 0 Å². The van der Waals surface area contributed by atoms with Gasteiger partial charge in [0.25, 0.3) is 0 Å². The van der Waals surface area contributed by atoms with E-state index >= 15 is 0 Å². The molecule has 0 radical (unpaired) electrons. The lowest BCUT2D eigenvalue weighted by Gasteiger charge is -2.32. The lowest BCUT2D eigenvalue weighted by Crippen LogP contribution is -2.52. The van der Waals surface area contributed by atoms with E-state index in [9.17, 15) is 9.59 Å². The van der Waals surface area contributed by atoms with Crippen molar-refractivity contribution < 1.29 is 9.59 Å². The molecule has 3 aromatic carbocycles. The molecule has 0 aliphatic heterocycles. The Hall–Kier alpha value is -2.82. The van der Waals surface area contributed by atoms with Crippen molar-refractivity contribution in [3.05, 3.63) is 105 Å². The van der Waals surface area contributed by atoms with Crippen LogP contribution in [0.3, 0.4) is 0 Å². The van der Waals surface area contributed by atoms with E-state index in [-0.39, 0.29) is 24.3 Å². The number of hydrogen-bond donors (Lipinski definition) is 1. The Morgan fingerprint density at radius 3 is 2.11 bits per heavy atom. The van der Waals surface area contributed by atoms with Crippen molar-refractivity contribution >= 4 is 35.0 Å². The zero-order chi connectivity index (χ0) is 25.4. The van der Waals surface area contributed by atoms with Gasteiger partial charge in [-0.3, -0.25) is 9.59 Å². The van der Waals surface area contributed by atoms with Gasteiger partial charge in [-0.2, -0.15) is 0 Å². The number of aryl methyl sites for hydroxylation is 1. The summed E-state index contributed by atoms with van der Waals surface area (Å²) >= 11 is 12.8. The summed E-state index contributed by atoms with van der Waals surface area (Å²) in [6, 6.07) is 22.3. The van der Waals surface area contributed by atoms with Gasteiger partial charge in [0.1, 0.15) is 6.04 Å². The molecule has 0 aromatic heterocycles. The third kappa shape index (κ3) is 7.58. The molecule has 1 N–H and O–H groups in total. The second-order valence-electron chi connectivity index (χ2n) is 8.91. The van der Waals surface area contributed by atoms with Gasteiger partial charge in [0, 0.05) is 29.1 Å². The molecule has 0 saturated heterocycles. The van der Waals surface area contributed by atoms with E-state index in [2.05, 4.69) is 5.32 Å². The van der Waals surface area contributed by atoms with Crippen LogP contribution in [0.5, 0.6) is 0 Å². The Labute approximate surface area is 218 Å². The Morgan fingerprint density at radius 1 is 0.886 bits per heavy atom. The van der Waals surface area contributed by atoms with E-state index in [1.54, 1.807) is 23.1 Å². The molecule has 0 unspecified atom stereocenters. The number of carbonyl (C=O) groups excluding carboxylic acids is 2. The van der Waals surface area contributed by atoms with Crippen LogP contribution in [0, 0.1) is 6.92 Å². The fourth-order valence-electron chi connectivity index (χ4n) is 3.84. The molecule has 0 aliphatic carbocycles. The summed E-state index contributed by atoms with van der Waals surface area (Å²) in [4.78, 5) is 29.0. The fourth-order valence-corrected chi connectivity index (χ4v) is 4.37. The van der Waals surface area contributed by atoms with Crippen LogP contribution in [-0.2, 0) is 29.0 Å². The van der Waals surface area contributed by atoms with E-state index in [1.165, 1.54) is 0 Å². The van der Waals surface area contributed by atoms with Crippen molar-refractivity contribution in [2.24, 2.45) is 0 Å². The van der Waals surface area contributed by atoms with Crippen molar-refractivity contribution in [1.82, 2.24) is 10.2 Å². The maximum Gasteiger partial charge on any atom is 0.243 e. The first-order valence-electron chi connectivity index (χ1n) is 11.9. The Bertz CT molecular complexity index is 1110. The highest BCUT2D eigenvalue weighted by molar-refractivity contribution is 6.36. The van der Waals surface area contributed by atoms with Crippen molar-refractivity contribution in [2.75, 3.05) is 0 Å². The summed E-state index contributed by atoms with van der Waals surface area (Å²) in [5, 5.41) is 3.95. The number of benzene rings is 3. The van der Waals surface area contributed by atoms with Crippen LogP contribution in [-0.4, -0.2) is 28.8 Å². The van der Waals surface area contributed by atoms with Gasteiger partial charge >= 0.3 is 0 Å². The summed E-state index contributed by atoms with van der Waals surface area (Å²) < 4.78 is 0. The second kappa shape index (κ2) is 12.8. The second-order valence-corrected chi connectivity index (χ2v) is 9.72. The predicted molar refractivity (Wildman–Crippen MR) is 144 cm³/mol. The molecule has 184 valence electrons. The molecule has 3 rings (SSSR count). The van der Waals surface area contributed by atoms with Gasteiger partial charge in [-0.05, 0) is 49.1 Å². The maximum absolute atomic E-state index is 13.8.